The lowest BCUT2D eigenvalue weighted by Gasteiger charge is -2.34. The maximum atomic E-state index is 12.8. The number of furan rings is 1. The Morgan fingerprint density at radius 2 is 1.74 bits per heavy atom. The van der Waals surface area contributed by atoms with Crippen molar-refractivity contribution in [2.24, 2.45) is 0 Å². The van der Waals surface area contributed by atoms with Gasteiger partial charge in [-0.1, -0.05) is 45.2 Å². The van der Waals surface area contributed by atoms with Gasteiger partial charge in [0.1, 0.15) is 18.1 Å². The Morgan fingerprint density at radius 3 is 2.45 bits per heavy atom. The number of carbonyl (C=O) groups is 1. The summed E-state index contributed by atoms with van der Waals surface area (Å²) < 4.78 is 12.4. The highest BCUT2D eigenvalue weighted by molar-refractivity contribution is 9.10. The molecule has 3 aromatic rings. The van der Waals surface area contributed by atoms with E-state index in [1.54, 1.807) is 18.2 Å². The molecule has 162 valence electrons. The molecule has 0 aliphatic carbocycles. The summed E-state index contributed by atoms with van der Waals surface area (Å²) in [6.45, 7) is 3.81. The average Bonchev–Trinajstić information content (AvgIpc) is 3.24. The minimum absolute atomic E-state index is 0.0981. The molecule has 0 radical (unpaired) electrons. The lowest BCUT2D eigenvalue weighted by Crippen LogP contribution is -2.48. The molecule has 1 amide bonds. The predicted octanol–water partition coefficient (Wildman–Crippen LogP) is 5.89. The van der Waals surface area contributed by atoms with Crippen molar-refractivity contribution in [3.8, 4) is 5.75 Å². The zero-order valence-electron chi connectivity index (χ0n) is 16.7. The minimum Gasteiger partial charge on any atom is -0.486 e. The first-order valence-electron chi connectivity index (χ1n) is 9.90. The van der Waals surface area contributed by atoms with Crippen molar-refractivity contribution in [3.63, 3.8) is 0 Å². The van der Waals surface area contributed by atoms with Crippen LogP contribution in [0.15, 0.2) is 63.5 Å². The lowest BCUT2D eigenvalue weighted by molar-refractivity contribution is 0.0594. The van der Waals surface area contributed by atoms with E-state index in [0.717, 1.165) is 35.4 Å². The fraction of sp³-hybridized carbons (Fsp3) is 0.261. The number of hydrogen-bond donors (Lipinski definition) is 0. The second-order valence-corrected chi connectivity index (χ2v) is 9.07. The Kier molecular flexibility index (Phi) is 7.23. The number of carbonyl (C=O) groups excluding carboxylic acids is 1. The van der Waals surface area contributed by atoms with Crippen molar-refractivity contribution in [1.82, 2.24) is 9.80 Å². The lowest BCUT2D eigenvalue weighted by atomic mass is 10.2. The van der Waals surface area contributed by atoms with Gasteiger partial charge >= 0.3 is 0 Å². The third kappa shape index (κ3) is 5.83. The van der Waals surface area contributed by atoms with E-state index in [9.17, 15) is 4.79 Å². The summed E-state index contributed by atoms with van der Waals surface area (Å²) in [6.07, 6.45) is 0. The number of amides is 1. The molecular formula is C23H21BrCl2N2O3. The molecule has 1 saturated heterocycles. The topological polar surface area (TPSA) is 45.9 Å². The van der Waals surface area contributed by atoms with Crippen molar-refractivity contribution >= 4 is 45.0 Å². The third-order valence-electron chi connectivity index (χ3n) is 5.14. The van der Waals surface area contributed by atoms with Crippen LogP contribution in [0.25, 0.3) is 0 Å². The van der Waals surface area contributed by atoms with Gasteiger partial charge in [-0.3, -0.25) is 9.69 Å². The molecule has 8 heteroatoms. The number of hydrogen-bond acceptors (Lipinski definition) is 4. The fourth-order valence-electron chi connectivity index (χ4n) is 3.41. The molecule has 1 aromatic heterocycles. The molecule has 1 aliphatic rings. The first-order chi connectivity index (χ1) is 15.0. The number of piperazine rings is 1. The largest absolute Gasteiger partial charge is 0.486 e. The Balaban J connectivity index is 1.28. The standard InChI is InChI=1S/C23H21BrCl2N2O3/c24-17-2-5-19(6-3-17)30-15-20-7-8-22(31-20)23(29)28-11-9-27(10-12-28)14-16-1-4-18(25)13-21(16)26/h1-8,13H,9-12,14-15H2. The molecule has 1 fully saturated rings. The van der Waals surface area contributed by atoms with Gasteiger partial charge in [0.05, 0.1) is 0 Å². The summed E-state index contributed by atoms with van der Waals surface area (Å²) >= 11 is 15.6. The second-order valence-electron chi connectivity index (χ2n) is 7.31. The molecule has 1 aliphatic heterocycles. The molecule has 0 unspecified atom stereocenters. The summed E-state index contributed by atoms with van der Waals surface area (Å²) in [7, 11) is 0. The molecule has 5 nitrogen and oxygen atoms in total. The number of ether oxygens (including phenoxy) is 1. The maximum absolute atomic E-state index is 12.8. The molecule has 0 spiro atoms. The molecule has 4 rings (SSSR count). The van der Waals surface area contributed by atoms with Crippen molar-refractivity contribution < 1.29 is 13.9 Å². The molecule has 2 heterocycles. The van der Waals surface area contributed by atoms with Crippen LogP contribution in [0.5, 0.6) is 5.75 Å². The van der Waals surface area contributed by atoms with E-state index >= 15 is 0 Å². The molecule has 0 N–H and O–H groups in total. The van der Waals surface area contributed by atoms with Gasteiger partial charge in [-0.15, -0.1) is 0 Å². The van der Waals surface area contributed by atoms with Gasteiger partial charge in [0.15, 0.2) is 5.76 Å². The van der Waals surface area contributed by atoms with Crippen molar-refractivity contribution in [2.75, 3.05) is 26.2 Å². The van der Waals surface area contributed by atoms with E-state index in [4.69, 9.17) is 32.4 Å². The highest BCUT2D eigenvalue weighted by Gasteiger charge is 2.24. The number of benzene rings is 2. The maximum Gasteiger partial charge on any atom is 0.289 e. The highest BCUT2D eigenvalue weighted by Crippen LogP contribution is 2.23. The Morgan fingerprint density at radius 1 is 1.00 bits per heavy atom. The second kappa shape index (κ2) is 10.1. The van der Waals surface area contributed by atoms with Crippen LogP contribution in [0.3, 0.4) is 0 Å². The first kappa shape index (κ1) is 22.2. The Labute approximate surface area is 199 Å². The monoisotopic (exact) mass is 522 g/mol. The van der Waals surface area contributed by atoms with Crippen LogP contribution in [0.2, 0.25) is 10.0 Å². The average molecular weight is 524 g/mol. The predicted molar refractivity (Wildman–Crippen MR) is 125 cm³/mol. The summed E-state index contributed by atoms with van der Waals surface area (Å²) in [6, 6.07) is 16.6. The third-order valence-corrected chi connectivity index (χ3v) is 6.25. The van der Waals surface area contributed by atoms with Gasteiger partial charge in [-0.2, -0.15) is 0 Å². The van der Waals surface area contributed by atoms with Crippen LogP contribution < -0.4 is 4.74 Å². The fourth-order valence-corrected chi connectivity index (χ4v) is 4.14. The van der Waals surface area contributed by atoms with Gasteiger partial charge in [-0.25, -0.2) is 0 Å². The smallest absolute Gasteiger partial charge is 0.289 e. The normalized spacial score (nSPS) is 14.6. The van der Waals surface area contributed by atoms with E-state index in [1.807, 2.05) is 41.3 Å². The zero-order valence-corrected chi connectivity index (χ0v) is 19.8. The van der Waals surface area contributed by atoms with E-state index < -0.39 is 0 Å². The summed E-state index contributed by atoms with van der Waals surface area (Å²) in [5, 5.41) is 1.30. The van der Waals surface area contributed by atoms with Crippen LogP contribution in [0.4, 0.5) is 0 Å². The summed E-state index contributed by atoms with van der Waals surface area (Å²) in [5.41, 5.74) is 1.03. The molecule has 2 aromatic carbocycles. The number of rotatable bonds is 6. The van der Waals surface area contributed by atoms with Crippen LogP contribution in [0.1, 0.15) is 21.9 Å². The SMILES string of the molecule is O=C(c1ccc(COc2ccc(Br)cc2)o1)N1CCN(Cc2ccc(Cl)cc2Cl)CC1. The zero-order chi connectivity index (χ0) is 21.8. The molecule has 0 atom stereocenters. The van der Waals surface area contributed by atoms with Gasteiger partial charge in [0.25, 0.3) is 5.91 Å². The highest BCUT2D eigenvalue weighted by atomic mass is 79.9. The van der Waals surface area contributed by atoms with E-state index in [-0.39, 0.29) is 12.5 Å². The minimum atomic E-state index is -0.0981. The van der Waals surface area contributed by atoms with Gasteiger partial charge in [0.2, 0.25) is 0 Å². The molecule has 31 heavy (non-hydrogen) atoms. The van der Waals surface area contributed by atoms with E-state index in [0.29, 0.717) is 34.7 Å². The van der Waals surface area contributed by atoms with Gasteiger partial charge < -0.3 is 14.1 Å². The Bertz CT molecular complexity index is 1050. The van der Waals surface area contributed by atoms with Crippen molar-refractivity contribution in [2.45, 2.75) is 13.2 Å². The van der Waals surface area contributed by atoms with Crippen LogP contribution in [0, 0.1) is 0 Å². The van der Waals surface area contributed by atoms with Crippen molar-refractivity contribution in [1.29, 1.82) is 0 Å². The van der Waals surface area contributed by atoms with E-state index in [2.05, 4.69) is 20.8 Å². The van der Waals surface area contributed by atoms with Crippen LogP contribution >= 0.6 is 39.1 Å². The quantitative estimate of drug-likeness (QED) is 0.404. The molecule has 0 bridgehead atoms. The summed E-state index contributed by atoms with van der Waals surface area (Å²) in [4.78, 5) is 16.9. The summed E-state index contributed by atoms with van der Waals surface area (Å²) in [5.74, 6) is 1.59. The molecule has 0 saturated carbocycles. The van der Waals surface area contributed by atoms with Gasteiger partial charge in [-0.05, 0) is 54.1 Å². The number of halogens is 3. The van der Waals surface area contributed by atoms with Crippen LogP contribution in [-0.2, 0) is 13.2 Å². The number of nitrogens with zero attached hydrogens (tertiary/aromatic N) is 2. The van der Waals surface area contributed by atoms with E-state index in [1.165, 1.54) is 0 Å². The molecular weight excluding hydrogens is 503 g/mol. The van der Waals surface area contributed by atoms with Gasteiger partial charge in [0, 0.05) is 47.2 Å². The van der Waals surface area contributed by atoms with Crippen LogP contribution in [-0.4, -0.2) is 41.9 Å². The van der Waals surface area contributed by atoms with Crippen molar-refractivity contribution in [3.05, 3.63) is 86.2 Å². The Hall–Kier alpha value is -1.99. The first-order valence-corrected chi connectivity index (χ1v) is 11.5.